The van der Waals surface area contributed by atoms with Gasteiger partial charge >= 0.3 is 0 Å². The second kappa shape index (κ2) is 13.2. The van der Waals surface area contributed by atoms with Crippen LogP contribution in [0.25, 0.3) is 11.1 Å². The van der Waals surface area contributed by atoms with Crippen LogP contribution in [0.2, 0.25) is 0 Å². The van der Waals surface area contributed by atoms with Gasteiger partial charge in [-0.05, 0) is 68.0 Å². The van der Waals surface area contributed by atoms with Crippen LogP contribution in [0.15, 0.2) is 79.5 Å². The van der Waals surface area contributed by atoms with Gasteiger partial charge in [0.05, 0.1) is 35.2 Å². The number of aromatic nitrogens is 2. The number of pyridine rings is 2. The van der Waals surface area contributed by atoms with Gasteiger partial charge in [-0.1, -0.05) is 53.0 Å². The monoisotopic (exact) mass is 469 g/mol. The minimum atomic E-state index is 0.351. The van der Waals surface area contributed by atoms with Gasteiger partial charge in [0.15, 0.2) is 0 Å². The third-order valence-corrected chi connectivity index (χ3v) is 5.46. The lowest BCUT2D eigenvalue weighted by molar-refractivity contribution is 1.02. The quantitative estimate of drug-likeness (QED) is 0.291. The van der Waals surface area contributed by atoms with Crippen LogP contribution in [-0.4, -0.2) is 15.7 Å². The van der Waals surface area contributed by atoms with Crippen LogP contribution in [0, 0.1) is 25.2 Å². The molecule has 1 aliphatic carbocycles. The van der Waals surface area contributed by atoms with Crippen molar-refractivity contribution >= 4 is 17.1 Å². The Morgan fingerprint density at radius 3 is 2.20 bits per heavy atom. The van der Waals surface area contributed by atoms with Gasteiger partial charge in [0, 0.05) is 28.7 Å². The first-order valence-electron chi connectivity index (χ1n) is 12.4. The van der Waals surface area contributed by atoms with Crippen molar-refractivity contribution in [2.24, 2.45) is 5.92 Å². The molecule has 184 valence electrons. The Hall–Kier alpha value is -3.73. The van der Waals surface area contributed by atoms with Crippen LogP contribution < -0.4 is 10.6 Å². The van der Waals surface area contributed by atoms with Crippen molar-refractivity contribution in [3.05, 3.63) is 96.4 Å². The average Bonchev–Trinajstić information content (AvgIpc) is 3.74. The number of hydrogen-bond acceptors (Lipinski definition) is 5. The Labute approximate surface area is 211 Å². The minimum absolute atomic E-state index is 0.351. The van der Waals surface area contributed by atoms with Crippen LogP contribution >= 0.6 is 0 Å². The second-order valence-electron chi connectivity index (χ2n) is 8.08. The summed E-state index contributed by atoms with van der Waals surface area (Å²) in [5, 5.41) is 15.3. The zero-order chi connectivity index (χ0) is 26.0. The molecule has 0 spiro atoms. The number of nitrogens with zero attached hydrogens (tertiary/aromatic N) is 2. The number of anilines is 2. The Balaban J connectivity index is 0.00000103. The molecule has 0 saturated heterocycles. The first kappa shape index (κ1) is 27.5. The van der Waals surface area contributed by atoms with E-state index in [1.165, 1.54) is 12.8 Å². The smallest absolute Gasteiger partial charge is 0.0843 e. The number of benzene rings is 1. The molecule has 0 atom stereocenters. The molecule has 0 amide bonds. The summed E-state index contributed by atoms with van der Waals surface area (Å²) in [4.78, 5) is 8.68. The summed E-state index contributed by atoms with van der Waals surface area (Å²) in [5.74, 6) is 0.581. The summed E-state index contributed by atoms with van der Waals surface area (Å²) >= 11 is 0. The zero-order valence-corrected chi connectivity index (χ0v) is 22.0. The van der Waals surface area contributed by atoms with Gasteiger partial charge in [0.25, 0.3) is 0 Å². The van der Waals surface area contributed by atoms with Crippen LogP contribution in [0.3, 0.4) is 0 Å². The van der Waals surface area contributed by atoms with Crippen LogP contribution in [0.5, 0.6) is 0 Å². The molecule has 0 unspecified atom stereocenters. The van der Waals surface area contributed by atoms with E-state index >= 15 is 0 Å². The van der Waals surface area contributed by atoms with Gasteiger partial charge in [-0.2, -0.15) is 0 Å². The highest BCUT2D eigenvalue weighted by Crippen LogP contribution is 2.36. The maximum atomic E-state index is 8.69. The Bertz CT molecular complexity index is 1160. The molecule has 1 aliphatic rings. The Kier molecular flexibility index (Phi) is 10.4. The average molecular weight is 470 g/mol. The molecule has 5 nitrogen and oxygen atoms in total. The van der Waals surface area contributed by atoms with Crippen molar-refractivity contribution in [3.8, 4) is 11.1 Å². The number of hydrogen-bond donors (Lipinski definition) is 3. The molecule has 4 rings (SSSR count). The summed E-state index contributed by atoms with van der Waals surface area (Å²) in [6, 6.07) is 12.0. The van der Waals surface area contributed by atoms with Crippen LogP contribution in [0.1, 0.15) is 57.4 Å². The van der Waals surface area contributed by atoms with Crippen LogP contribution in [0.4, 0.5) is 11.4 Å². The Morgan fingerprint density at radius 1 is 0.857 bits per heavy atom. The van der Waals surface area contributed by atoms with E-state index in [0.717, 1.165) is 45.0 Å². The van der Waals surface area contributed by atoms with E-state index in [-0.39, 0.29) is 0 Å². The van der Waals surface area contributed by atoms with Gasteiger partial charge in [-0.3, -0.25) is 15.4 Å². The summed E-state index contributed by atoms with van der Waals surface area (Å²) in [5.41, 5.74) is 8.47. The number of nitrogens with one attached hydrogen (secondary N) is 3. The van der Waals surface area contributed by atoms with E-state index in [4.69, 9.17) is 5.41 Å². The predicted molar refractivity (Wildman–Crippen MR) is 151 cm³/mol. The maximum absolute atomic E-state index is 8.69. The van der Waals surface area contributed by atoms with Crippen molar-refractivity contribution in [1.29, 1.82) is 5.41 Å². The van der Waals surface area contributed by atoms with Gasteiger partial charge in [-0.25, -0.2) is 0 Å². The minimum Gasteiger partial charge on any atom is -0.358 e. The lowest BCUT2D eigenvalue weighted by atomic mass is 9.96. The number of rotatable bonds is 8. The molecule has 3 aromatic rings. The molecular weight excluding hydrogens is 430 g/mol. The number of allylic oxidation sites excluding steroid dienone is 2. The topological polar surface area (TPSA) is 73.7 Å². The molecule has 35 heavy (non-hydrogen) atoms. The summed E-state index contributed by atoms with van der Waals surface area (Å²) < 4.78 is 0. The number of aryl methyl sites for hydroxylation is 2. The molecule has 0 radical (unpaired) electrons. The summed E-state index contributed by atoms with van der Waals surface area (Å²) in [7, 11) is 0. The standard InChI is InChI=1S/C26H27N5.2C2H6/c1-16-5-7-21(22-11-24(14-28-13-22)30-18(3)20-8-9-20)12-25(16)26(27)19(4)31-23-10-6-17(2)29-15-23;2*1-2/h5-7,10-15,20,27,30-31H,3-4,8-9H2,1-2H3;2*1-2H3. The highest BCUT2D eigenvalue weighted by atomic mass is 14.9. The van der Waals surface area contributed by atoms with Gasteiger partial charge in [-0.15, -0.1) is 0 Å². The first-order chi connectivity index (χ1) is 16.9. The first-order valence-corrected chi connectivity index (χ1v) is 12.4. The third-order valence-electron chi connectivity index (χ3n) is 5.46. The Morgan fingerprint density at radius 2 is 1.57 bits per heavy atom. The lowest BCUT2D eigenvalue weighted by Gasteiger charge is -2.15. The largest absolute Gasteiger partial charge is 0.358 e. The van der Waals surface area contributed by atoms with E-state index in [9.17, 15) is 0 Å². The zero-order valence-electron chi connectivity index (χ0n) is 22.0. The fourth-order valence-electron chi connectivity index (χ4n) is 3.40. The van der Waals surface area contributed by atoms with Crippen molar-refractivity contribution in [2.45, 2.75) is 54.4 Å². The van der Waals surface area contributed by atoms with Gasteiger partial charge in [0.2, 0.25) is 0 Å². The molecule has 0 bridgehead atoms. The third kappa shape index (κ3) is 7.64. The normalized spacial score (nSPS) is 11.7. The fraction of sp³-hybridized carbons (Fsp3) is 0.300. The van der Waals surface area contributed by atoms with Crippen molar-refractivity contribution < 1.29 is 0 Å². The summed E-state index contributed by atoms with van der Waals surface area (Å²) in [6.45, 7) is 20.1. The predicted octanol–water partition coefficient (Wildman–Crippen LogP) is 8.14. The molecular formula is C30H39N5. The molecule has 2 aromatic heterocycles. The van der Waals surface area contributed by atoms with E-state index in [1.807, 2.05) is 78.2 Å². The fourth-order valence-corrected chi connectivity index (χ4v) is 3.40. The molecule has 1 saturated carbocycles. The van der Waals surface area contributed by atoms with E-state index < -0.39 is 0 Å². The molecule has 5 heteroatoms. The lowest BCUT2D eigenvalue weighted by Crippen LogP contribution is -2.12. The highest BCUT2D eigenvalue weighted by molar-refractivity contribution is 6.13. The van der Waals surface area contributed by atoms with Crippen LogP contribution in [-0.2, 0) is 0 Å². The molecule has 1 aromatic carbocycles. The van der Waals surface area contributed by atoms with Gasteiger partial charge < -0.3 is 10.6 Å². The van der Waals surface area contributed by atoms with E-state index in [0.29, 0.717) is 17.3 Å². The highest BCUT2D eigenvalue weighted by Gasteiger charge is 2.24. The molecule has 3 N–H and O–H groups in total. The van der Waals surface area contributed by atoms with Crippen molar-refractivity contribution in [2.75, 3.05) is 10.6 Å². The molecule has 1 fully saturated rings. The van der Waals surface area contributed by atoms with E-state index in [1.54, 1.807) is 6.20 Å². The molecule has 0 aliphatic heterocycles. The van der Waals surface area contributed by atoms with Crippen molar-refractivity contribution in [3.63, 3.8) is 0 Å². The maximum Gasteiger partial charge on any atom is 0.0843 e. The summed E-state index contributed by atoms with van der Waals surface area (Å²) in [6.07, 6.45) is 7.82. The van der Waals surface area contributed by atoms with E-state index in [2.05, 4.69) is 45.9 Å². The second-order valence-corrected chi connectivity index (χ2v) is 8.08. The van der Waals surface area contributed by atoms with Crippen molar-refractivity contribution in [1.82, 2.24) is 9.97 Å². The molecule has 2 heterocycles. The van der Waals surface area contributed by atoms with Gasteiger partial charge in [0.1, 0.15) is 0 Å². The SMILES string of the molecule is C=C(Nc1ccc(C)nc1)C(=N)c1cc(-c2cncc(NC(=C)C3CC3)c2)ccc1C.CC.CC.